The SMILES string of the molecule is c1ccc(C2(c3ccccc3)c3ccccc3-c3ccc(-c4nc(-c5ccc6ccc(-c7ccc8ncccc8c7)cc6c5)nc(-c5cccc6c5sc5ccccc56)n4)cc32)cc1. The summed E-state index contributed by atoms with van der Waals surface area (Å²) < 4.78 is 2.40. The molecule has 0 unspecified atom stereocenters. The summed E-state index contributed by atoms with van der Waals surface area (Å²) >= 11 is 1.79. The van der Waals surface area contributed by atoms with Crippen LogP contribution in [0.15, 0.2) is 219 Å². The average Bonchev–Trinajstić information content (AvgIpc) is 3.90. The number of aromatic nitrogens is 4. The molecule has 0 atom stereocenters. The molecule has 0 N–H and O–H groups in total. The molecule has 64 heavy (non-hydrogen) atoms. The van der Waals surface area contributed by atoms with Crippen LogP contribution in [-0.2, 0) is 5.41 Å². The lowest BCUT2D eigenvalue weighted by molar-refractivity contribution is 0.768. The van der Waals surface area contributed by atoms with Crippen molar-refractivity contribution in [3.8, 4) is 56.4 Å². The summed E-state index contributed by atoms with van der Waals surface area (Å²) in [6.45, 7) is 0. The van der Waals surface area contributed by atoms with Crippen LogP contribution in [0.4, 0.5) is 0 Å². The highest BCUT2D eigenvalue weighted by Gasteiger charge is 2.46. The molecule has 0 saturated carbocycles. The Morgan fingerprint density at radius 2 is 0.953 bits per heavy atom. The molecule has 1 aliphatic carbocycles. The fraction of sp³-hybridized carbons (Fsp3) is 0.0169. The van der Waals surface area contributed by atoms with Crippen LogP contribution >= 0.6 is 11.3 Å². The summed E-state index contributed by atoms with van der Waals surface area (Å²) in [5.41, 5.74) is 12.9. The molecule has 0 amide bonds. The van der Waals surface area contributed by atoms with Crippen molar-refractivity contribution in [3.63, 3.8) is 0 Å². The molecule has 0 radical (unpaired) electrons. The summed E-state index contributed by atoms with van der Waals surface area (Å²) in [4.78, 5) is 20.7. The van der Waals surface area contributed by atoms with Crippen molar-refractivity contribution < 1.29 is 0 Å². The minimum Gasteiger partial charge on any atom is -0.256 e. The average molecular weight is 833 g/mol. The molecule has 9 aromatic carbocycles. The van der Waals surface area contributed by atoms with E-state index >= 15 is 0 Å². The van der Waals surface area contributed by atoms with Gasteiger partial charge < -0.3 is 0 Å². The molecular weight excluding hydrogens is 797 g/mol. The molecule has 0 saturated heterocycles. The van der Waals surface area contributed by atoms with Crippen LogP contribution in [0.25, 0.3) is 98.3 Å². The predicted molar refractivity (Wildman–Crippen MR) is 265 cm³/mol. The van der Waals surface area contributed by atoms with E-state index in [1.165, 1.54) is 48.9 Å². The number of rotatable bonds is 6. The van der Waals surface area contributed by atoms with Gasteiger partial charge in [0.2, 0.25) is 0 Å². The number of nitrogens with zero attached hydrogens (tertiary/aromatic N) is 4. The van der Waals surface area contributed by atoms with Gasteiger partial charge in [0.25, 0.3) is 0 Å². The van der Waals surface area contributed by atoms with Gasteiger partial charge in [-0.3, -0.25) is 4.98 Å². The second-order valence-corrected chi connectivity index (χ2v) is 17.6. The Kier molecular flexibility index (Phi) is 8.27. The Hall–Kier alpha value is -8.12. The minimum absolute atomic E-state index is 0.552. The third-order valence-corrected chi connectivity index (χ3v) is 14.3. The zero-order valence-electron chi connectivity index (χ0n) is 34.5. The van der Waals surface area contributed by atoms with E-state index in [2.05, 4.69) is 211 Å². The highest BCUT2D eigenvalue weighted by atomic mass is 32.1. The van der Waals surface area contributed by atoms with Gasteiger partial charge in [-0.2, -0.15) is 0 Å². The molecule has 5 heteroatoms. The fourth-order valence-electron chi connectivity index (χ4n) is 10.1. The lowest BCUT2D eigenvalue weighted by atomic mass is 9.67. The van der Waals surface area contributed by atoms with E-state index in [1.807, 2.05) is 12.3 Å². The lowest BCUT2D eigenvalue weighted by Crippen LogP contribution is -2.28. The van der Waals surface area contributed by atoms with Gasteiger partial charge in [-0.15, -0.1) is 11.3 Å². The molecule has 3 aromatic heterocycles. The van der Waals surface area contributed by atoms with Crippen LogP contribution < -0.4 is 0 Å². The topological polar surface area (TPSA) is 51.6 Å². The minimum atomic E-state index is -0.552. The van der Waals surface area contributed by atoms with E-state index in [4.69, 9.17) is 15.0 Å². The smallest absolute Gasteiger partial charge is 0.165 e. The Labute approximate surface area is 373 Å². The van der Waals surface area contributed by atoms with Gasteiger partial charge in [-0.25, -0.2) is 15.0 Å². The lowest BCUT2D eigenvalue weighted by Gasteiger charge is -2.34. The first-order chi connectivity index (χ1) is 31.7. The van der Waals surface area contributed by atoms with Crippen molar-refractivity contribution in [2.24, 2.45) is 0 Å². The van der Waals surface area contributed by atoms with Crippen LogP contribution in [0.3, 0.4) is 0 Å². The Bertz CT molecular complexity index is 3760. The van der Waals surface area contributed by atoms with E-state index < -0.39 is 5.41 Å². The van der Waals surface area contributed by atoms with E-state index in [0.717, 1.165) is 54.2 Å². The van der Waals surface area contributed by atoms with E-state index in [-0.39, 0.29) is 0 Å². The maximum atomic E-state index is 5.41. The Morgan fingerprint density at radius 1 is 0.359 bits per heavy atom. The molecule has 1 aliphatic rings. The zero-order chi connectivity index (χ0) is 42.2. The largest absolute Gasteiger partial charge is 0.256 e. The molecule has 3 heterocycles. The number of hydrogen-bond acceptors (Lipinski definition) is 5. The molecule has 13 rings (SSSR count). The first-order valence-corrected chi connectivity index (χ1v) is 22.4. The van der Waals surface area contributed by atoms with E-state index in [9.17, 15) is 0 Å². The normalized spacial score (nSPS) is 12.8. The summed E-state index contributed by atoms with van der Waals surface area (Å²) in [5, 5.41) is 5.82. The number of fused-ring (bicyclic) bond motifs is 8. The van der Waals surface area contributed by atoms with Crippen molar-refractivity contribution in [2.75, 3.05) is 0 Å². The van der Waals surface area contributed by atoms with E-state index in [0.29, 0.717) is 17.5 Å². The van der Waals surface area contributed by atoms with Crippen molar-refractivity contribution in [2.45, 2.75) is 5.41 Å². The zero-order valence-corrected chi connectivity index (χ0v) is 35.3. The fourth-order valence-corrected chi connectivity index (χ4v) is 11.3. The molecule has 298 valence electrons. The summed E-state index contributed by atoms with van der Waals surface area (Å²) in [5.74, 6) is 1.91. The van der Waals surface area contributed by atoms with Crippen molar-refractivity contribution >= 4 is 53.2 Å². The van der Waals surface area contributed by atoms with Crippen molar-refractivity contribution in [1.82, 2.24) is 19.9 Å². The van der Waals surface area contributed by atoms with Gasteiger partial charge in [0.05, 0.1) is 10.9 Å². The van der Waals surface area contributed by atoms with Gasteiger partial charge in [-0.05, 0) is 104 Å². The Balaban J connectivity index is 1.03. The summed E-state index contributed by atoms with van der Waals surface area (Å²) in [6.07, 6.45) is 1.84. The van der Waals surface area contributed by atoms with Gasteiger partial charge in [0.15, 0.2) is 17.5 Å². The number of hydrogen-bond donors (Lipinski definition) is 0. The first kappa shape index (κ1) is 36.5. The van der Waals surface area contributed by atoms with Crippen LogP contribution in [0, 0.1) is 0 Å². The molecule has 0 aliphatic heterocycles. The first-order valence-electron chi connectivity index (χ1n) is 21.6. The molecule has 0 fully saturated rings. The highest BCUT2D eigenvalue weighted by molar-refractivity contribution is 7.26. The standard InChI is InChI=1S/C59H36N4S/c1-3-14-44(15-4-1)59(45-16-5-2-6-17-45)51-22-9-7-18-46(51)47-30-28-42(36-52(47)59)57-61-56(62-58(63-57)50-21-11-20-49-48-19-8-10-23-54(48)64-55(49)50)41-27-25-37-24-26-38(34-43(37)35-41)39-29-31-53-40(33-39)13-12-32-60-53/h1-36H. The van der Waals surface area contributed by atoms with Gasteiger partial charge in [-0.1, -0.05) is 164 Å². The predicted octanol–water partition coefficient (Wildman–Crippen LogP) is 15.0. The monoisotopic (exact) mass is 832 g/mol. The maximum absolute atomic E-state index is 5.41. The molecule has 0 spiro atoms. The molecule has 4 nitrogen and oxygen atoms in total. The van der Waals surface area contributed by atoms with Gasteiger partial charge in [0.1, 0.15) is 0 Å². The highest BCUT2D eigenvalue weighted by Crippen LogP contribution is 2.56. The van der Waals surface area contributed by atoms with Crippen LogP contribution in [0.5, 0.6) is 0 Å². The molecular formula is C59H36N4S. The number of benzene rings is 9. The summed E-state index contributed by atoms with van der Waals surface area (Å²) in [7, 11) is 0. The maximum Gasteiger partial charge on any atom is 0.165 e. The number of thiophene rings is 1. The molecule has 12 aromatic rings. The molecule has 0 bridgehead atoms. The van der Waals surface area contributed by atoms with E-state index in [1.54, 1.807) is 11.3 Å². The third-order valence-electron chi connectivity index (χ3n) is 13.0. The van der Waals surface area contributed by atoms with Gasteiger partial charge >= 0.3 is 0 Å². The van der Waals surface area contributed by atoms with Gasteiger partial charge in [0, 0.05) is 48.4 Å². The van der Waals surface area contributed by atoms with Crippen molar-refractivity contribution in [1.29, 1.82) is 0 Å². The Morgan fingerprint density at radius 3 is 1.77 bits per heavy atom. The van der Waals surface area contributed by atoms with Crippen LogP contribution in [0.1, 0.15) is 22.3 Å². The quantitative estimate of drug-likeness (QED) is 0.167. The second-order valence-electron chi connectivity index (χ2n) is 16.6. The van der Waals surface area contributed by atoms with Crippen LogP contribution in [0.2, 0.25) is 0 Å². The summed E-state index contributed by atoms with van der Waals surface area (Å²) in [6, 6.07) is 76.4. The van der Waals surface area contributed by atoms with Crippen LogP contribution in [-0.4, -0.2) is 19.9 Å². The third kappa shape index (κ3) is 5.68. The number of pyridine rings is 1. The second kappa shape index (κ2) is 14.5. The van der Waals surface area contributed by atoms with Crippen molar-refractivity contribution in [3.05, 3.63) is 241 Å².